The molecule has 2 saturated heterocycles. The molecule has 1 saturated carbocycles. The second kappa shape index (κ2) is 20.3. The summed E-state index contributed by atoms with van der Waals surface area (Å²) < 4.78 is 42.5. The number of urea groups is 1. The number of carbonyl (C=O) groups is 4. The molecular formula is C47H67N9O9S2. The number of benzene rings is 1. The first-order valence-electron chi connectivity index (χ1n) is 23.4. The topological polar surface area (TPSA) is 225 Å². The van der Waals surface area contributed by atoms with Crippen molar-refractivity contribution >= 4 is 61.4 Å². The van der Waals surface area contributed by atoms with E-state index in [1.807, 2.05) is 72.1 Å². The van der Waals surface area contributed by atoms with Crippen molar-refractivity contribution in [3.8, 4) is 22.9 Å². The van der Waals surface area contributed by atoms with E-state index >= 15 is 4.79 Å². The van der Waals surface area contributed by atoms with Crippen molar-refractivity contribution in [1.82, 2.24) is 39.4 Å². The number of methoxy groups -OCH3 is 1. The van der Waals surface area contributed by atoms with E-state index in [0.29, 0.717) is 66.1 Å². The third-order valence-electron chi connectivity index (χ3n) is 13.1. The molecule has 6 atom stereocenters. The molecule has 4 amide bonds. The van der Waals surface area contributed by atoms with Crippen LogP contribution in [-0.4, -0.2) is 136 Å². The molecule has 0 radical (unpaired) electrons. The monoisotopic (exact) mass is 965 g/mol. The van der Waals surface area contributed by atoms with Crippen LogP contribution in [-0.2, 0) is 24.6 Å². The number of carbonyl (C=O) groups excluding carboxylic acids is 3. The number of ether oxygens (including phenoxy) is 2. The molecule has 3 fully saturated rings. The largest absolute Gasteiger partial charge is 0.497 e. The minimum Gasteiger partial charge on any atom is -0.497 e. The van der Waals surface area contributed by atoms with Gasteiger partial charge in [0.1, 0.15) is 40.9 Å². The predicted octanol–water partition coefficient (Wildman–Crippen LogP) is 5.76. The van der Waals surface area contributed by atoms with Crippen molar-refractivity contribution in [1.29, 1.82) is 0 Å². The van der Waals surface area contributed by atoms with E-state index in [1.165, 1.54) is 24.8 Å². The molecule has 1 aliphatic carbocycles. The Morgan fingerprint density at radius 2 is 1.82 bits per heavy atom. The Morgan fingerprint density at radius 3 is 2.52 bits per heavy atom. The highest BCUT2D eigenvalue weighted by molar-refractivity contribution is 7.86. The number of rotatable bonds is 12. The van der Waals surface area contributed by atoms with E-state index in [1.54, 1.807) is 25.3 Å². The lowest BCUT2D eigenvalue weighted by atomic mass is 9.86. The maximum absolute atomic E-state index is 15.0. The number of allylic oxidation sites excluding steroid dienone is 1. The molecule has 1 aromatic carbocycles. The van der Waals surface area contributed by atoms with Gasteiger partial charge in [-0.1, -0.05) is 45.8 Å². The molecule has 18 nitrogen and oxygen atoms in total. The lowest BCUT2D eigenvalue weighted by Crippen LogP contribution is -2.61. The van der Waals surface area contributed by atoms with E-state index in [2.05, 4.69) is 21.3 Å². The summed E-state index contributed by atoms with van der Waals surface area (Å²) in [5.41, 5.74) is -0.346. The standard InChI is InChI=1S/C47H67N9O9S2/c1-28(2)48-45-51-37(27-66-45)36-23-39(33-18-17-31(64-8)21-35(33)49-36)65-32-22-38-41(57)53-47(43(59)60)24-30(47)15-12-10-9-11-13-16-34(42(58)55(38)25-32)50-44(61)52-40(46(5,6)7)26-54-19-14-20-56(29(3)4)67(54,62)63/h12,15,17-18,21,23,27-30,32,34,38,40H,9-11,13-14,16,19-20,22,24-26H2,1-8H3,(H,48,51)(H,53,57)(H,59,60)(H2,50,52,61)/b15-12-/t30?,32-,34+,38+,40?,47-/m1/s1. The molecule has 4 aliphatic rings. The molecule has 67 heavy (non-hydrogen) atoms. The Morgan fingerprint density at radius 1 is 1.04 bits per heavy atom. The number of nitrogens with one attached hydrogen (secondary N) is 4. The molecule has 2 unspecified atom stereocenters. The second-order valence-electron chi connectivity index (χ2n) is 19.9. The number of fused-ring (bicyclic) bond motifs is 3. The Labute approximate surface area is 397 Å². The third-order valence-corrected chi connectivity index (χ3v) is 16.1. The van der Waals surface area contributed by atoms with Crippen LogP contribution >= 0.6 is 11.3 Å². The van der Waals surface area contributed by atoms with Crippen LogP contribution in [0.3, 0.4) is 0 Å². The van der Waals surface area contributed by atoms with Gasteiger partial charge in [0.05, 0.1) is 24.9 Å². The Bertz CT molecular complexity index is 2460. The van der Waals surface area contributed by atoms with Crippen LogP contribution in [0.5, 0.6) is 11.5 Å². The van der Waals surface area contributed by atoms with E-state index in [0.717, 1.165) is 18.0 Å². The van der Waals surface area contributed by atoms with E-state index in [9.17, 15) is 27.9 Å². The summed E-state index contributed by atoms with van der Waals surface area (Å²) in [5, 5.41) is 25.8. The summed E-state index contributed by atoms with van der Waals surface area (Å²) in [7, 11) is -2.21. The van der Waals surface area contributed by atoms with Gasteiger partial charge in [-0.3, -0.25) is 9.59 Å². The molecule has 3 aromatic rings. The maximum atomic E-state index is 15.0. The van der Waals surface area contributed by atoms with Gasteiger partial charge >= 0.3 is 12.0 Å². The first kappa shape index (κ1) is 49.8. The fraction of sp³-hybridized carbons (Fsp3) is 0.617. The number of amides is 4. The summed E-state index contributed by atoms with van der Waals surface area (Å²) in [4.78, 5) is 67.5. The predicted molar refractivity (Wildman–Crippen MR) is 257 cm³/mol. The molecule has 7 rings (SSSR count). The molecular weight excluding hydrogens is 899 g/mol. The van der Waals surface area contributed by atoms with Crippen LogP contribution in [0.15, 0.2) is 41.8 Å². The molecule has 366 valence electrons. The zero-order valence-corrected chi connectivity index (χ0v) is 41.5. The first-order chi connectivity index (χ1) is 31.7. The minimum absolute atomic E-state index is 0.0327. The van der Waals surface area contributed by atoms with Gasteiger partial charge in [0, 0.05) is 73.0 Å². The zero-order chi connectivity index (χ0) is 48.4. The number of pyridine rings is 1. The molecule has 2 aromatic heterocycles. The maximum Gasteiger partial charge on any atom is 0.330 e. The van der Waals surface area contributed by atoms with Gasteiger partial charge < -0.3 is 40.7 Å². The van der Waals surface area contributed by atoms with Gasteiger partial charge in [0.25, 0.3) is 10.2 Å². The lowest BCUT2D eigenvalue weighted by molar-refractivity contribution is -0.145. The van der Waals surface area contributed by atoms with Gasteiger partial charge in [-0.2, -0.15) is 17.0 Å². The number of carboxylic acids is 1. The lowest BCUT2D eigenvalue weighted by Gasteiger charge is -2.41. The van der Waals surface area contributed by atoms with Gasteiger partial charge in [0.2, 0.25) is 11.8 Å². The Hall–Kier alpha value is -5.05. The van der Waals surface area contributed by atoms with Gasteiger partial charge in [-0.15, -0.1) is 11.3 Å². The quantitative estimate of drug-likeness (QED) is 0.137. The smallest absolute Gasteiger partial charge is 0.330 e. The van der Waals surface area contributed by atoms with Crippen molar-refractivity contribution in [3.05, 3.63) is 41.8 Å². The Kier molecular flexibility index (Phi) is 15.1. The highest BCUT2D eigenvalue weighted by Gasteiger charge is 2.61. The number of hydrogen-bond donors (Lipinski definition) is 5. The van der Waals surface area contributed by atoms with Crippen LogP contribution in [0.25, 0.3) is 22.3 Å². The number of anilines is 1. The molecule has 0 spiro atoms. The van der Waals surface area contributed by atoms with Crippen LogP contribution in [0.2, 0.25) is 0 Å². The molecule has 0 bridgehead atoms. The zero-order valence-electron chi connectivity index (χ0n) is 39.8. The highest BCUT2D eigenvalue weighted by Crippen LogP contribution is 2.46. The van der Waals surface area contributed by atoms with E-state index < -0.39 is 75.1 Å². The van der Waals surface area contributed by atoms with Gasteiger partial charge in [-0.05, 0) is 77.3 Å². The van der Waals surface area contributed by atoms with Crippen LogP contribution in [0.4, 0.5) is 9.93 Å². The fourth-order valence-corrected chi connectivity index (χ4v) is 11.9. The van der Waals surface area contributed by atoms with Crippen molar-refractivity contribution in [2.24, 2.45) is 11.3 Å². The third kappa shape index (κ3) is 11.3. The van der Waals surface area contributed by atoms with E-state index in [4.69, 9.17) is 19.4 Å². The van der Waals surface area contributed by atoms with E-state index in [-0.39, 0.29) is 44.4 Å². The van der Waals surface area contributed by atoms with Crippen LogP contribution < -0.4 is 30.7 Å². The number of thiazole rings is 1. The summed E-state index contributed by atoms with van der Waals surface area (Å²) in [5.74, 6) is -1.66. The number of carboxylic acid groups (broad SMARTS) is 1. The molecule has 5 N–H and O–H groups in total. The molecule has 20 heteroatoms. The number of aromatic nitrogens is 2. The summed E-state index contributed by atoms with van der Waals surface area (Å²) in [6.45, 7) is 14.2. The summed E-state index contributed by atoms with van der Waals surface area (Å²) >= 11 is 1.45. The highest BCUT2D eigenvalue weighted by atomic mass is 32.2. The number of aliphatic carboxylic acids is 1. The fourth-order valence-electron chi connectivity index (χ4n) is 9.15. The van der Waals surface area contributed by atoms with Crippen molar-refractivity contribution < 1.29 is 42.2 Å². The number of hydrogen-bond acceptors (Lipinski definition) is 12. The average molecular weight is 966 g/mol. The minimum atomic E-state index is -3.78. The van der Waals surface area contributed by atoms with Gasteiger partial charge in [-0.25, -0.2) is 19.6 Å². The summed E-state index contributed by atoms with van der Waals surface area (Å²) in [6.07, 6.45) is 7.02. The summed E-state index contributed by atoms with van der Waals surface area (Å²) in [6, 6.07) is 3.66. The van der Waals surface area contributed by atoms with Crippen molar-refractivity contribution in [2.75, 3.05) is 38.6 Å². The first-order valence-corrected chi connectivity index (χ1v) is 25.7. The molecule has 5 heterocycles. The van der Waals surface area contributed by atoms with Crippen molar-refractivity contribution in [3.63, 3.8) is 0 Å². The van der Waals surface area contributed by atoms with Crippen LogP contribution in [0, 0.1) is 11.3 Å². The van der Waals surface area contributed by atoms with Crippen LogP contribution in [0.1, 0.15) is 99.8 Å². The number of nitrogens with zero attached hydrogens (tertiary/aromatic N) is 5. The molecule has 3 aliphatic heterocycles. The average Bonchev–Trinajstić information content (AvgIpc) is 3.51. The Balaban J connectivity index is 1.18. The van der Waals surface area contributed by atoms with Gasteiger partial charge in [0.15, 0.2) is 5.13 Å². The second-order valence-corrected chi connectivity index (χ2v) is 22.6. The normalized spacial score (nSPS) is 26.1. The van der Waals surface area contributed by atoms with Crippen molar-refractivity contribution in [2.45, 2.75) is 142 Å². The SMILES string of the molecule is COc1ccc2c(O[C@@H]3C[C@H]4C(=O)N[C@]5(C(=O)O)CC5/C=C\CCCCC[C@H](NC(=O)NC(CN5CCCN(C(C)C)S5(=O)=O)C(C)(C)C)C(=O)N4C3)cc(-c3csc(NC(C)C)n3)nc2c1.